The van der Waals surface area contributed by atoms with Crippen molar-refractivity contribution in [3.05, 3.63) is 95.6 Å². The summed E-state index contributed by atoms with van der Waals surface area (Å²) in [6.45, 7) is 9.96. The van der Waals surface area contributed by atoms with Crippen LogP contribution in [0.15, 0.2) is 73.1 Å². The molecule has 0 atom stereocenters. The molecule has 0 radical (unpaired) electrons. The number of carbonyl (C=O) groups is 1. The number of pyridine rings is 2. The first-order valence-electron chi connectivity index (χ1n) is 13.6. The molecule has 0 aliphatic heterocycles. The van der Waals surface area contributed by atoms with Crippen LogP contribution in [0.2, 0.25) is 0 Å². The summed E-state index contributed by atoms with van der Waals surface area (Å²) >= 11 is 0. The van der Waals surface area contributed by atoms with Crippen LogP contribution in [0.1, 0.15) is 66.8 Å². The van der Waals surface area contributed by atoms with E-state index >= 15 is 0 Å². The van der Waals surface area contributed by atoms with Crippen molar-refractivity contribution in [3.63, 3.8) is 0 Å². The van der Waals surface area contributed by atoms with E-state index in [0.29, 0.717) is 12.8 Å². The Bertz CT molecular complexity index is 945. The molecule has 0 saturated heterocycles. The van der Waals surface area contributed by atoms with E-state index < -0.39 is 0 Å². The largest absolute Gasteiger partial charge is 0.313 e. The molecule has 0 amide bonds. The van der Waals surface area contributed by atoms with E-state index in [1.807, 2.05) is 48.5 Å². The summed E-state index contributed by atoms with van der Waals surface area (Å²) in [5, 5.41) is 3.56. The lowest BCUT2D eigenvalue weighted by molar-refractivity contribution is 0.0917. The fourth-order valence-corrected chi connectivity index (χ4v) is 4.61. The van der Waals surface area contributed by atoms with Crippen LogP contribution in [0, 0.1) is 5.92 Å². The maximum Gasteiger partial charge on any atom is 0.166 e. The zero-order chi connectivity index (χ0) is 25.4. The summed E-state index contributed by atoms with van der Waals surface area (Å²) in [5.74, 6) is -0.0479. The summed E-state index contributed by atoms with van der Waals surface area (Å²) in [5.41, 5.74) is 3.82. The Labute approximate surface area is 217 Å². The normalized spacial score (nSPS) is 11.3. The van der Waals surface area contributed by atoms with Crippen LogP contribution in [0.5, 0.6) is 0 Å². The third-order valence-electron chi connectivity index (χ3n) is 6.46. The second kappa shape index (κ2) is 16.0. The molecule has 0 bridgehead atoms. The number of ketones is 1. The van der Waals surface area contributed by atoms with Gasteiger partial charge in [0.05, 0.1) is 0 Å². The minimum atomic E-state index is -0.196. The summed E-state index contributed by atoms with van der Waals surface area (Å²) < 4.78 is 0. The van der Waals surface area contributed by atoms with Crippen molar-refractivity contribution >= 4 is 5.78 Å². The molecular formula is C31H42N4O. The third-order valence-corrected chi connectivity index (χ3v) is 6.46. The zero-order valence-electron chi connectivity index (χ0n) is 22.0. The van der Waals surface area contributed by atoms with Gasteiger partial charge in [-0.15, -0.1) is 0 Å². The molecule has 192 valence electrons. The van der Waals surface area contributed by atoms with Crippen molar-refractivity contribution < 1.29 is 4.79 Å². The van der Waals surface area contributed by atoms with E-state index in [-0.39, 0.29) is 11.7 Å². The Morgan fingerprint density at radius 2 is 1.42 bits per heavy atom. The quantitative estimate of drug-likeness (QED) is 0.194. The van der Waals surface area contributed by atoms with E-state index in [2.05, 4.69) is 46.2 Å². The predicted molar refractivity (Wildman–Crippen MR) is 148 cm³/mol. The number of rotatable bonds is 17. The molecule has 0 aliphatic rings. The molecule has 1 aromatic carbocycles. The first kappa shape index (κ1) is 27.7. The Hall–Kier alpha value is -2.89. The average molecular weight is 487 g/mol. The van der Waals surface area contributed by atoms with Gasteiger partial charge in [0, 0.05) is 54.6 Å². The molecular weight excluding hydrogens is 444 g/mol. The average Bonchev–Trinajstić information content (AvgIpc) is 2.91. The number of Topliss-reactive ketones (excluding diaryl/α,β-unsaturated/α-hetero) is 1. The number of carbonyl (C=O) groups excluding carboxylic acids is 1. The lowest BCUT2D eigenvalue weighted by atomic mass is 9.88. The molecule has 1 N–H and O–H groups in total. The van der Waals surface area contributed by atoms with Crippen LogP contribution in [0.3, 0.4) is 0 Å². The molecule has 0 fully saturated rings. The van der Waals surface area contributed by atoms with Gasteiger partial charge >= 0.3 is 0 Å². The van der Waals surface area contributed by atoms with Crippen LogP contribution in [0.4, 0.5) is 0 Å². The van der Waals surface area contributed by atoms with Crippen LogP contribution in [-0.4, -0.2) is 46.8 Å². The number of unbranched alkanes of at least 4 members (excludes halogenated alkanes) is 1. The van der Waals surface area contributed by atoms with Gasteiger partial charge in [-0.05, 0) is 81.7 Å². The number of nitrogens with zero attached hydrogens (tertiary/aromatic N) is 3. The maximum absolute atomic E-state index is 13.5. The van der Waals surface area contributed by atoms with Gasteiger partial charge in [-0.3, -0.25) is 14.8 Å². The molecule has 2 aromatic heterocycles. The lowest BCUT2D eigenvalue weighted by Gasteiger charge is -2.20. The molecule has 3 aromatic rings. The van der Waals surface area contributed by atoms with Crippen molar-refractivity contribution in [2.45, 2.75) is 58.9 Å². The van der Waals surface area contributed by atoms with Crippen molar-refractivity contribution in [2.75, 3.05) is 26.2 Å². The second-order valence-corrected chi connectivity index (χ2v) is 9.53. The first-order valence-corrected chi connectivity index (χ1v) is 13.6. The summed E-state index contributed by atoms with van der Waals surface area (Å²) in [6, 6.07) is 19.8. The molecule has 5 nitrogen and oxygen atoms in total. The molecule has 36 heavy (non-hydrogen) atoms. The monoisotopic (exact) mass is 486 g/mol. The van der Waals surface area contributed by atoms with E-state index in [9.17, 15) is 4.79 Å². The second-order valence-electron chi connectivity index (χ2n) is 9.53. The van der Waals surface area contributed by atoms with Crippen LogP contribution < -0.4 is 5.32 Å². The summed E-state index contributed by atoms with van der Waals surface area (Å²) in [6.07, 6.45) is 9.64. The van der Waals surface area contributed by atoms with Gasteiger partial charge in [0.1, 0.15) is 0 Å². The smallest absolute Gasteiger partial charge is 0.166 e. The highest BCUT2D eigenvalue weighted by Gasteiger charge is 2.22. The number of benzene rings is 1. The minimum absolute atomic E-state index is 0.148. The van der Waals surface area contributed by atoms with Gasteiger partial charge in [-0.25, -0.2) is 0 Å². The summed E-state index contributed by atoms with van der Waals surface area (Å²) in [7, 11) is 0. The highest BCUT2D eigenvalue weighted by Crippen LogP contribution is 2.19. The topological polar surface area (TPSA) is 58.1 Å². The number of hydrogen-bond acceptors (Lipinski definition) is 5. The van der Waals surface area contributed by atoms with Crippen molar-refractivity contribution in [3.8, 4) is 0 Å². The van der Waals surface area contributed by atoms with Crippen LogP contribution in [0.25, 0.3) is 0 Å². The zero-order valence-corrected chi connectivity index (χ0v) is 22.0. The number of aromatic nitrogens is 2. The maximum atomic E-state index is 13.5. The van der Waals surface area contributed by atoms with E-state index in [0.717, 1.165) is 30.0 Å². The fraction of sp³-hybridized carbons (Fsp3) is 0.452. The van der Waals surface area contributed by atoms with Gasteiger partial charge in [0.25, 0.3) is 0 Å². The standard InChI is InChI=1S/C31H42N4O/c1-3-20-35(21-4-2)22-10-9-17-32-25-26-13-15-27(16-14-26)31(36)28(23-29-11-5-7-18-33-29)24-30-12-6-8-19-34-30/h5-8,11-16,18-19,28,32H,3-4,9-10,17,20-25H2,1-2H3. The lowest BCUT2D eigenvalue weighted by Crippen LogP contribution is -2.27. The van der Waals surface area contributed by atoms with E-state index in [1.165, 1.54) is 50.9 Å². The Morgan fingerprint density at radius 1 is 0.806 bits per heavy atom. The Kier molecular flexibility index (Phi) is 12.3. The van der Waals surface area contributed by atoms with Crippen molar-refractivity contribution in [1.29, 1.82) is 0 Å². The molecule has 0 spiro atoms. The molecule has 0 saturated carbocycles. The van der Waals surface area contributed by atoms with Gasteiger partial charge in [0.2, 0.25) is 0 Å². The molecule has 5 heteroatoms. The van der Waals surface area contributed by atoms with Gasteiger partial charge in [0.15, 0.2) is 5.78 Å². The van der Waals surface area contributed by atoms with E-state index in [1.54, 1.807) is 12.4 Å². The fourth-order valence-electron chi connectivity index (χ4n) is 4.61. The van der Waals surface area contributed by atoms with E-state index in [4.69, 9.17) is 0 Å². The minimum Gasteiger partial charge on any atom is -0.313 e. The van der Waals surface area contributed by atoms with Crippen LogP contribution in [-0.2, 0) is 19.4 Å². The Morgan fingerprint density at radius 3 is 1.94 bits per heavy atom. The molecule has 3 rings (SSSR count). The van der Waals surface area contributed by atoms with Crippen molar-refractivity contribution in [1.82, 2.24) is 20.2 Å². The van der Waals surface area contributed by atoms with Gasteiger partial charge in [-0.2, -0.15) is 0 Å². The summed E-state index contributed by atoms with van der Waals surface area (Å²) in [4.78, 5) is 24.9. The number of nitrogens with one attached hydrogen (secondary N) is 1. The van der Waals surface area contributed by atoms with Crippen LogP contribution >= 0.6 is 0 Å². The Balaban J connectivity index is 1.50. The first-order chi connectivity index (χ1) is 17.7. The highest BCUT2D eigenvalue weighted by atomic mass is 16.1. The van der Waals surface area contributed by atoms with Gasteiger partial charge < -0.3 is 10.2 Å². The third kappa shape index (κ3) is 9.63. The SMILES string of the molecule is CCCN(CCC)CCCCNCc1ccc(C(=O)C(Cc2ccccn2)Cc2ccccn2)cc1. The van der Waals surface area contributed by atoms with Gasteiger partial charge in [-0.1, -0.05) is 50.2 Å². The highest BCUT2D eigenvalue weighted by molar-refractivity contribution is 5.98. The predicted octanol–water partition coefficient (Wildman–Crippen LogP) is 5.75. The molecule has 0 aliphatic carbocycles. The molecule has 2 heterocycles. The molecule has 0 unspecified atom stereocenters. The number of hydrogen-bond donors (Lipinski definition) is 1. The van der Waals surface area contributed by atoms with Crippen molar-refractivity contribution in [2.24, 2.45) is 5.92 Å².